The molecule has 1 N–H and O–H groups in total. The highest BCUT2D eigenvalue weighted by Gasteiger charge is 2.65. The highest BCUT2D eigenvalue weighted by molar-refractivity contribution is 5.28. The van der Waals surface area contributed by atoms with E-state index >= 15 is 0 Å². The van der Waals surface area contributed by atoms with E-state index < -0.39 is 0 Å². The summed E-state index contributed by atoms with van der Waals surface area (Å²) in [6.45, 7) is 2.00. The van der Waals surface area contributed by atoms with Gasteiger partial charge in [0.2, 0.25) is 0 Å². The van der Waals surface area contributed by atoms with Gasteiger partial charge in [0.1, 0.15) is 0 Å². The van der Waals surface area contributed by atoms with Gasteiger partial charge in [0, 0.05) is 0 Å². The summed E-state index contributed by atoms with van der Waals surface area (Å²) in [6.07, 6.45) is 9.77. The van der Waals surface area contributed by atoms with Crippen molar-refractivity contribution >= 4 is 0 Å². The zero-order chi connectivity index (χ0) is 8.34. The van der Waals surface area contributed by atoms with E-state index in [1.807, 2.05) is 6.92 Å². The lowest BCUT2D eigenvalue weighted by atomic mass is 9.92. The van der Waals surface area contributed by atoms with Crippen LogP contribution in [-0.4, -0.2) is 10.7 Å². The standard InChI is InChI=1S/C11H14O/c1-11(12)6-7-4-2-3-5-8-9(7)10(8)11/h2-5,7-10,12H,6H2,1H3/t7-,8-,9-,10-,11+/m1/s1. The molecule has 0 unspecified atom stereocenters. The zero-order valence-electron chi connectivity index (χ0n) is 7.27. The zero-order valence-corrected chi connectivity index (χ0v) is 7.27. The van der Waals surface area contributed by atoms with Gasteiger partial charge < -0.3 is 5.11 Å². The molecule has 2 saturated carbocycles. The van der Waals surface area contributed by atoms with E-state index in [9.17, 15) is 5.11 Å². The van der Waals surface area contributed by atoms with Gasteiger partial charge in [-0.15, -0.1) is 0 Å². The summed E-state index contributed by atoms with van der Waals surface area (Å²) in [5, 5.41) is 10.1. The normalized spacial score (nSPS) is 59.8. The number of hydrogen-bond donors (Lipinski definition) is 1. The topological polar surface area (TPSA) is 20.2 Å². The monoisotopic (exact) mass is 162 g/mol. The third kappa shape index (κ3) is 0.680. The largest absolute Gasteiger partial charge is 0.390 e. The molecular formula is C11H14O. The Labute approximate surface area is 72.8 Å². The Bertz CT molecular complexity index is 275. The van der Waals surface area contributed by atoms with E-state index in [4.69, 9.17) is 0 Å². The fourth-order valence-electron chi connectivity index (χ4n) is 3.33. The van der Waals surface area contributed by atoms with Crippen molar-refractivity contribution < 1.29 is 5.11 Å². The van der Waals surface area contributed by atoms with E-state index in [0.29, 0.717) is 17.8 Å². The molecular weight excluding hydrogens is 148 g/mol. The number of allylic oxidation sites excluding steroid dienone is 4. The lowest BCUT2D eigenvalue weighted by molar-refractivity contribution is 0.0362. The Kier molecular flexibility index (Phi) is 1.06. The maximum atomic E-state index is 10.1. The molecule has 0 amide bonds. The molecule has 12 heavy (non-hydrogen) atoms. The van der Waals surface area contributed by atoms with Crippen LogP contribution in [0.4, 0.5) is 0 Å². The second-order valence-electron chi connectivity index (χ2n) is 4.68. The van der Waals surface area contributed by atoms with Gasteiger partial charge in [-0.3, -0.25) is 0 Å². The highest BCUT2D eigenvalue weighted by atomic mass is 16.3. The molecule has 0 aromatic heterocycles. The summed E-state index contributed by atoms with van der Waals surface area (Å²) in [6, 6.07) is 0. The molecule has 3 aliphatic carbocycles. The van der Waals surface area contributed by atoms with Gasteiger partial charge in [-0.25, -0.2) is 0 Å². The van der Waals surface area contributed by atoms with Gasteiger partial charge in [0.05, 0.1) is 5.60 Å². The molecule has 0 aromatic rings. The van der Waals surface area contributed by atoms with Gasteiger partial charge >= 0.3 is 0 Å². The number of hydrogen-bond acceptors (Lipinski definition) is 1. The third-order valence-corrected chi connectivity index (χ3v) is 3.80. The summed E-state index contributed by atoms with van der Waals surface area (Å²) in [4.78, 5) is 0. The first-order chi connectivity index (χ1) is 5.70. The molecule has 2 fully saturated rings. The van der Waals surface area contributed by atoms with Crippen molar-refractivity contribution in [3.8, 4) is 0 Å². The SMILES string of the molecule is C[C@]1(O)C[C@H]2C=CC=C[C@@H]3[C@@H]2[C@@H]31. The van der Waals surface area contributed by atoms with Gasteiger partial charge in [-0.05, 0) is 37.0 Å². The molecule has 3 aliphatic rings. The van der Waals surface area contributed by atoms with Crippen LogP contribution in [0.2, 0.25) is 0 Å². The van der Waals surface area contributed by atoms with Crippen molar-refractivity contribution in [2.75, 3.05) is 0 Å². The minimum absolute atomic E-state index is 0.390. The van der Waals surface area contributed by atoms with Crippen LogP contribution in [0.5, 0.6) is 0 Å². The van der Waals surface area contributed by atoms with Gasteiger partial charge in [0.15, 0.2) is 0 Å². The second-order valence-corrected chi connectivity index (χ2v) is 4.68. The quantitative estimate of drug-likeness (QED) is 0.575. The first-order valence-electron chi connectivity index (χ1n) is 4.77. The Balaban J connectivity index is 2.00. The van der Waals surface area contributed by atoms with Crippen LogP contribution in [0.1, 0.15) is 13.3 Å². The van der Waals surface area contributed by atoms with E-state index in [1.165, 1.54) is 0 Å². The van der Waals surface area contributed by atoms with Crippen LogP contribution < -0.4 is 0 Å². The Hall–Kier alpha value is -0.560. The second kappa shape index (κ2) is 1.85. The van der Waals surface area contributed by atoms with Crippen LogP contribution in [0.25, 0.3) is 0 Å². The van der Waals surface area contributed by atoms with E-state index in [0.717, 1.165) is 12.3 Å². The van der Waals surface area contributed by atoms with Crippen LogP contribution in [0.3, 0.4) is 0 Å². The number of fused-ring (bicyclic) bond motifs is 1. The predicted octanol–water partition coefficient (Wildman–Crippen LogP) is 1.75. The molecule has 64 valence electrons. The molecule has 0 aromatic carbocycles. The Morgan fingerprint density at radius 2 is 2.08 bits per heavy atom. The molecule has 0 spiro atoms. The molecule has 0 aliphatic heterocycles. The van der Waals surface area contributed by atoms with Crippen LogP contribution in [-0.2, 0) is 0 Å². The van der Waals surface area contributed by atoms with Crippen molar-refractivity contribution in [1.82, 2.24) is 0 Å². The fraction of sp³-hybridized carbons (Fsp3) is 0.636. The molecule has 0 saturated heterocycles. The van der Waals surface area contributed by atoms with Crippen LogP contribution >= 0.6 is 0 Å². The lowest BCUT2D eigenvalue weighted by Gasteiger charge is -2.21. The first kappa shape index (κ1) is 6.90. The molecule has 5 atom stereocenters. The average molecular weight is 162 g/mol. The maximum absolute atomic E-state index is 10.1. The van der Waals surface area contributed by atoms with Crippen LogP contribution in [0.15, 0.2) is 24.3 Å². The van der Waals surface area contributed by atoms with Crippen molar-refractivity contribution in [3.63, 3.8) is 0 Å². The first-order valence-corrected chi connectivity index (χ1v) is 4.77. The number of rotatable bonds is 0. The maximum Gasteiger partial charge on any atom is 0.0662 e. The summed E-state index contributed by atoms with van der Waals surface area (Å²) >= 11 is 0. The summed E-state index contributed by atoms with van der Waals surface area (Å²) < 4.78 is 0. The summed E-state index contributed by atoms with van der Waals surface area (Å²) in [7, 11) is 0. The minimum Gasteiger partial charge on any atom is -0.390 e. The predicted molar refractivity (Wildman–Crippen MR) is 47.5 cm³/mol. The highest BCUT2D eigenvalue weighted by Crippen LogP contribution is 2.66. The van der Waals surface area contributed by atoms with E-state index in [2.05, 4.69) is 24.3 Å². The van der Waals surface area contributed by atoms with E-state index in [-0.39, 0.29) is 5.60 Å². The third-order valence-electron chi connectivity index (χ3n) is 3.80. The molecule has 1 nitrogen and oxygen atoms in total. The molecule has 0 radical (unpaired) electrons. The Morgan fingerprint density at radius 3 is 2.92 bits per heavy atom. The smallest absolute Gasteiger partial charge is 0.0662 e. The summed E-state index contributed by atoms with van der Waals surface area (Å²) in [5.74, 6) is 2.64. The average Bonchev–Trinajstić information content (AvgIpc) is 2.62. The molecule has 3 rings (SSSR count). The number of aliphatic hydroxyl groups is 1. The van der Waals surface area contributed by atoms with Crippen molar-refractivity contribution in [2.45, 2.75) is 18.9 Å². The van der Waals surface area contributed by atoms with Gasteiger partial charge in [0.25, 0.3) is 0 Å². The Morgan fingerprint density at radius 1 is 1.33 bits per heavy atom. The molecule has 0 heterocycles. The fourth-order valence-corrected chi connectivity index (χ4v) is 3.33. The lowest BCUT2D eigenvalue weighted by Crippen LogP contribution is -2.26. The van der Waals surface area contributed by atoms with E-state index in [1.54, 1.807) is 0 Å². The molecule has 1 heteroatoms. The summed E-state index contributed by atoms with van der Waals surface area (Å²) in [5.41, 5.74) is -0.390. The van der Waals surface area contributed by atoms with Gasteiger partial charge in [-0.2, -0.15) is 0 Å². The van der Waals surface area contributed by atoms with Crippen molar-refractivity contribution in [2.24, 2.45) is 23.7 Å². The van der Waals surface area contributed by atoms with Gasteiger partial charge in [-0.1, -0.05) is 24.3 Å². The molecule has 0 bridgehead atoms. The van der Waals surface area contributed by atoms with Crippen LogP contribution in [0, 0.1) is 23.7 Å². The minimum atomic E-state index is -0.390. The van der Waals surface area contributed by atoms with Crippen molar-refractivity contribution in [3.05, 3.63) is 24.3 Å². The van der Waals surface area contributed by atoms with Crippen molar-refractivity contribution in [1.29, 1.82) is 0 Å².